The number of rotatable bonds is 3. The van der Waals surface area contributed by atoms with Crippen LogP contribution in [0.1, 0.15) is 20.3 Å². The maximum absolute atomic E-state index is 11.2. The molecule has 100 valence electrons. The lowest BCUT2D eigenvalue weighted by molar-refractivity contribution is -0.118. The first kappa shape index (κ1) is 18.6. The summed E-state index contributed by atoms with van der Waals surface area (Å²) in [5.74, 6) is -0.429. The largest absolute Gasteiger partial charge is 0.370 e. The summed E-state index contributed by atoms with van der Waals surface area (Å²) in [6, 6.07) is 0.763. The first-order valence-electron chi connectivity index (χ1n) is 5.07. The third kappa shape index (κ3) is 5.91. The minimum absolute atomic E-state index is 0. The molecule has 0 bridgehead atoms. The van der Waals surface area contributed by atoms with E-state index in [-0.39, 0.29) is 36.7 Å². The lowest BCUT2D eigenvalue weighted by Gasteiger charge is -2.25. The second kappa shape index (κ2) is 8.33. The highest BCUT2D eigenvalue weighted by Crippen LogP contribution is 2.16. The Balaban J connectivity index is 0. The molecule has 0 fully saturated rings. The monoisotopic (exact) mass is 282 g/mol. The number of hydrogen-bond donors (Lipinski definition) is 2. The predicted molar refractivity (Wildman–Crippen MR) is 74.7 cm³/mol. The van der Waals surface area contributed by atoms with E-state index in [2.05, 4.69) is 35.9 Å². The van der Waals surface area contributed by atoms with Crippen LogP contribution in [0.25, 0.3) is 0 Å². The van der Waals surface area contributed by atoms with Crippen LogP contribution in [0.2, 0.25) is 0 Å². The quantitative estimate of drug-likeness (QED) is 0.453. The summed E-state index contributed by atoms with van der Waals surface area (Å²) in [6.45, 7) is 4.89. The Bertz CT molecular complexity index is 291. The highest BCUT2D eigenvalue weighted by molar-refractivity contribution is 5.91. The fourth-order valence-corrected chi connectivity index (χ4v) is 1.75. The van der Waals surface area contributed by atoms with Gasteiger partial charge in [0, 0.05) is 25.0 Å². The Morgan fingerprint density at radius 1 is 1.24 bits per heavy atom. The number of nitrogens with two attached hydrogens (primary N) is 2. The maximum atomic E-state index is 11.2. The van der Waals surface area contributed by atoms with Crippen molar-refractivity contribution < 1.29 is 4.79 Å². The van der Waals surface area contributed by atoms with Crippen LogP contribution >= 0.6 is 24.8 Å². The SMILES string of the molecule is CC1C=C[C@@H](C)N1CCC(=O)N=C(N)N.Cl.Cl. The molecule has 0 saturated heterocycles. The number of nitrogens with zero attached hydrogens (tertiary/aromatic N) is 2. The van der Waals surface area contributed by atoms with Crippen molar-refractivity contribution in [2.45, 2.75) is 32.4 Å². The predicted octanol–water partition coefficient (Wildman–Crippen LogP) is 0.669. The van der Waals surface area contributed by atoms with Gasteiger partial charge in [-0.1, -0.05) is 12.2 Å². The molecule has 1 amide bonds. The normalized spacial score (nSPS) is 22.5. The summed E-state index contributed by atoms with van der Waals surface area (Å²) in [5, 5.41) is 0. The second-order valence-corrected chi connectivity index (χ2v) is 3.78. The van der Waals surface area contributed by atoms with E-state index in [0.29, 0.717) is 25.0 Å². The van der Waals surface area contributed by atoms with Crippen LogP contribution in [-0.4, -0.2) is 35.4 Å². The minimum Gasteiger partial charge on any atom is -0.370 e. The van der Waals surface area contributed by atoms with E-state index in [1.807, 2.05) is 0 Å². The van der Waals surface area contributed by atoms with Gasteiger partial charge in [-0.05, 0) is 13.8 Å². The molecule has 1 aliphatic rings. The molecule has 2 atom stereocenters. The molecule has 0 radical (unpaired) electrons. The smallest absolute Gasteiger partial charge is 0.250 e. The molecule has 0 aromatic carbocycles. The van der Waals surface area contributed by atoms with Gasteiger partial charge >= 0.3 is 0 Å². The molecule has 1 aliphatic heterocycles. The van der Waals surface area contributed by atoms with Crippen molar-refractivity contribution in [1.29, 1.82) is 0 Å². The molecule has 4 N–H and O–H groups in total. The van der Waals surface area contributed by atoms with Gasteiger partial charge in [0.05, 0.1) is 0 Å². The summed E-state index contributed by atoms with van der Waals surface area (Å²) >= 11 is 0. The summed E-state index contributed by atoms with van der Waals surface area (Å²) in [7, 11) is 0. The van der Waals surface area contributed by atoms with Gasteiger partial charge in [0.2, 0.25) is 5.91 Å². The summed E-state index contributed by atoms with van der Waals surface area (Å²) in [5.41, 5.74) is 10.2. The molecule has 0 spiro atoms. The zero-order valence-electron chi connectivity index (χ0n) is 10.00. The number of carbonyl (C=O) groups is 1. The number of hydrogen-bond acceptors (Lipinski definition) is 2. The molecule has 1 heterocycles. The van der Waals surface area contributed by atoms with Gasteiger partial charge in [0.15, 0.2) is 5.96 Å². The van der Waals surface area contributed by atoms with E-state index < -0.39 is 0 Å². The summed E-state index contributed by atoms with van der Waals surface area (Å²) < 4.78 is 0. The van der Waals surface area contributed by atoms with Crippen molar-refractivity contribution in [3.8, 4) is 0 Å². The standard InChI is InChI=1S/C10H18N4O.2ClH/c1-7-3-4-8(2)14(7)6-5-9(15)13-10(11)12;;/h3-4,7-8H,5-6H2,1-2H3,(H4,11,12,13,15);2*1H/t7-,8?;;/m1../s1. The molecule has 1 unspecified atom stereocenters. The van der Waals surface area contributed by atoms with E-state index in [0.717, 1.165) is 0 Å². The van der Waals surface area contributed by atoms with Crippen molar-refractivity contribution in [1.82, 2.24) is 4.90 Å². The van der Waals surface area contributed by atoms with E-state index in [1.54, 1.807) is 0 Å². The van der Waals surface area contributed by atoms with Gasteiger partial charge in [0.25, 0.3) is 0 Å². The first-order chi connectivity index (χ1) is 7.00. The Labute approximate surface area is 114 Å². The van der Waals surface area contributed by atoms with Crippen molar-refractivity contribution in [2.75, 3.05) is 6.54 Å². The molecule has 17 heavy (non-hydrogen) atoms. The van der Waals surface area contributed by atoms with Gasteiger partial charge in [0.1, 0.15) is 0 Å². The van der Waals surface area contributed by atoms with Gasteiger partial charge < -0.3 is 11.5 Å². The van der Waals surface area contributed by atoms with E-state index in [4.69, 9.17) is 11.5 Å². The summed E-state index contributed by atoms with van der Waals surface area (Å²) in [4.78, 5) is 16.9. The van der Waals surface area contributed by atoms with Crippen LogP contribution in [0.4, 0.5) is 0 Å². The van der Waals surface area contributed by atoms with Crippen LogP contribution < -0.4 is 11.5 Å². The number of carbonyl (C=O) groups excluding carboxylic acids is 1. The molecule has 0 saturated carbocycles. The molecular formula is C10H20Cl2N4O. The van der Waals surface area contributed by atoms with Crippen LogP contribution in [0.3, 0.4) is 0 Å². The highest BCUT2D eigenvalue weighted by Gasteiger charge is 2.21. The molecule has 0 aliphatic carbocycles. The molecule has 0 aromatic heterocycles. The van der Waals surface area contributed by atoms with E-state index in [9.17, 15) is 4.79 Å². The lowest BCUT2D eigenvalue weighted by atomic mass is 10.2. The summed E-state index contributed by atoms with van der Waals surface area (Å²) in [6.07, 6.45) is 4.62. The van der Waals surface area contributed by atoms with Crippen molar-refractivity contribution in [2.24, 2.45) is 16.5 Å². The number of halogens is 2. The average molecular weight is 283 g/mol. The Morgan fingerprint density at radius 2 is 1.71 bits per heavy atom. The molecule has 7 heteroatoms. The Morgan fingerprint density at radius 3 is 2.12 bits per heavy atom. The van der Waals surface area contributed by atoms with Crippen LogP contribution in [0.15, 0.2) is 17.1 Å². The average Bonchev–Trinajstić information content (AvgIpc) is 2.42. The molecule has 5 nitrogen and oxygen atoms in total. The number of amides is 1. The van der Waals surface area contributed by atoms with Gasteiger partial charge in [-0.15, -0.1) is 24.8 Å². The molecule has 1 rings (SSSR count). The Hall–Kier alpha value is -0.780. The topological polar surface area (TPSA) is 84.7 Å². The fraction of sp³-hybridized carbons (Fsp3) is 0.600. The van der Waals surface area contributed by atoms with Gasteiger partial charge in [-0.2, -0.15) is 4.99 Å². The van der Waals surface area contributed by atoms with Gasteiger partial charge in [-0.25, -0.2) is 0 Å². The van der Waals surface area contributed by atoms with Crippen molar-refractivity contribution in [3.63, 3.8) is 0 Å². The zero-order valence-corrected chi connectivity index (χ0v) is 11.6. The second-order valence-electron chi connectivity index (χ2n) is 3.78. The number of aliphatic imine (C=N–C) groups is 1. The third-order valence-corrected chi connectivity index (χ3v) is 2.55. The van der Waals surface area contributed by atoms with E-state index in [1.165, 1.54) is 0 Å². The maximum Gasteiger partial charge on any atom is 0.250 e. The van der Waals surface area contributed by atoms with Crippen LogP contribution in [0.5, 0.6) is 0 Å². The highest BCUT2D eigenvalue weighted by atomic mass is 35.5. The van der Waals surface area contributed by atoms with Crippen LogP contribution in [-0.2, 0) is 4.79 Å². The van der Waals surface area contributed by atoms with Gasteiger partial charge in [-0.3, -0.25) is 9.69 Å². The molecular weight excluding hydrogens is 263 g/mol. The first-order valence-corrected chi connectivity index (χ1v) is 5.07. The Kier molecular flexibility index (Phi) is 9.11. The van der Waals surface area contributed by atoms with Crippen molar-refractivity contribution >= 4 is 36.7 Å². The van der Waals surface area contributed by atoms with E-state index >= 15 is 0 Å². The minimum atomic E-state index is -0.263. The fourth-order valence-electron chi connectivity index (χ4n) is 1.75. The third-order valence-electron chi connectivity index (χ3n) is 2.55. The van der Waals surface area contributed by atoms with Crippen LogP contribution in [0, 0.1) is 0 Å². The molecule has 0 aromatic rings. The zero-order chi connectivity index (χ0) is 11.4. The number of guanidine groups is 1. The lowest BCUT2D eigenvalue weighted by Crippen LogP contribution is -2.35. The van der Waals surface area contributed by atoms with Crippen molar-refractivity contribution in [3.05, 3.63) is 12.2 Å².